The Hall–Kier alpha value is -1.41. The van der Waals surface area contributed by atoms with Crippen molar-refractivity contribution in [2.75, 3.05) is 17.7 Å². The third kappa shape index (κ3) is 5.31. The molecular weight excluding hydrogens is 298 g/mol. The minimum absolute atomic E-state index is 0.420. The summed E-state index contributed by atoms with van der Waals surface area (Å²) in [7, 11) is 2.21. The molecule has 1 aromatic carbocycles. The first kappa shape index (κ1) is 19.6. The molecule has 0 saturated carbocycles. The normalized spacial score (nSPS) is 21.6. The summed E-state index contributed by atoms with van der Waals surface area (Å²) in [5, 5.41) is 0. The average molecular weight is 330 g/mol. The number of hydrogen-bond donors (Lipinski definition) is 0. The summed E-state index contributed by atoms with van der Waals surface area (Å²) in [4.78, 5) is 3.91. The van der Waals surface area contributed by atoms with Crippen molar-refractivity contribution >= 4 is 17.4 Å². The highest BCUT2D eigenvalue weighted by atomic mass is 32.2. The van der Waals surface area contributed by atoms with E-state index in [0.29, 0.717) is 6.04 Å². The Bertz CT molecular complexity index is 557. The van der Waals surface area contributed by atoms with Crippen LogP contribution in [0.5, 0.6) is 0 Å². The summed E-state index contributed by atoms with van der Waals surface area (Å²) in [6.07, 6.45) is 8.23. The third-order valence-corrected chi connectivity index (χ3v) is 5.49. The highest BCUT2D eigenvalue weighted by molar-refractivity contribution is 8.03. The van der Waals surface area contributed by atoms with E-state index >= 15 is 0 Å². The van der Waals surface area contributed by atoms with E-state index in [0.717, 1.165) is 18.6 Å². The number of rotatable bonds is 3. The van der Waals surface area contributed by atoms with E-state index in [2.05, 4.69) is 62.7 Å². The van der Waals surface area contributed by atoms with E-state index < -0.39 is 0 Å². The molecular formula is C21H31NS. The Morgan fingerprint density at radius 3 is 2.70 bits per heavy atom. The predicted octanol–water partition coefficient (Wildman–Crippen LogP) is 6.23. The maximum atomic E-state index is 3.75. The Labute approximate surface area is 147 Å². The molecule has 0 amide bonds. The quantitative estimate of drug-likeness (QED) is 0.604. The number of benzene rings is 1. The van der Waals surface area contributed by atoms with Crippen molar-refractivity contribution in [3.63, 3.8) is 0 Å². The van der Waals surface area contributed by atoms with Crippen molar-refractivity contribution in [1.82, 2.24) is 0 Å². The van der Waals surface area contributed by atoms with Gasteiger partial charge in [0.15, 0.2) is 0 Å². The van der Waals surface area contributed by atoms with Crippen molar-refractivity contribution < 1.29 is 0 Å². The molecule has 0 fully saturated rings. The molecule has 1 nitrogen and oxygen atoms in total. The van der Waals surface area contributed by atoms with E-state index in [4.69, 9.17) is 0 Å². The average Bonchev–Trinajstić information content (AvgIpc) is 2.64. The van der Waals surface area contributed by atoms with Crippen molar-refractivity contribution in [3.8, 4) is 0 Å². The van der Waals surface area contributed by atoms with Gasteiger partial charge in [-0.1, -0.05) is 56.9 Å². The van der Waals surface area contributed by atoms with E-state index in [-0.39, 0.29) is 0 Å². The van der Waals surface area contributed by atoms with Crippen LogP contribution < -0.4 is 4.90 Å². The number of allylic oxidation sites excluding steroid dienone is 4. The number of aryl methyl sites for hydroxylation is 1. The van der Waals surface area contributed by atoms with Gasteiger partial charge in [0.25, 0.3) is 0 Å². The smallest absolute Gasteiger partial charge is 0.0478 e. The fourth-order valence-electron chi connectivity index (χ4n) is 2.69. The van der Waals surface area contributed by atoms with Crippen molar-refractivity contribution in [2.45, 2.75) is 46.6 Å². The number of thioether (sulfide) groups is 1. The van der Waals surface area contributed by atoms with Gasteiger partial charge in [-0.15, -0.1) is 11.8 Å². The molecule has 1 aliphatic heterocycles. The Morgan fingerprint density at radius 1 is 1.30 bits per heavy atom. The van der Waals surface area contributed by atoms with Crippen LogP contribution in [0.4, 0.5) is 5.69 Å². The zero-order chi connectivity index (χ0) is 17.2. The van der Waals surface area contributed by atoms with Crippen molar-refractivity contribution in [3.05, 3.63) is 65.1 Å². The molecule has 0 aliphatic carbocycles. The first-order valence-electron chi connectivity index (χ1n) is 8.56. The van der Waals surface area contributed by atoms with E-state index in [1.807, 2.05) is 37.8 Å². The molecule has 0 bridgehead atoms. The number of likely N-dealkylation sites (N-methyl/N-ethyl adjacent to an activating group) is 1. The summed E-state index contributed by atoms with van der Waals surface area (Å²) >= 11 is 2.01. The van der Waals surface area contributed by atoms with E-state index in [9.17, 15) is 0 Å². The topological polar surface area (TPSA) is 3.24 Å². The van der Waals surface area contributed by atoms with Gasteiger partial charge in [0, 0.05) is 24.5 Å². The Kier molecular flexibility index (Phi) is 8.86. The Balaban J connectivity index is 0.00000127. The number of para-hydroxylation sites is 1. The minimum atomic E-state index is 0.420. The molecule has 0 radical (unpaired) electrons. The SMILES string of the molecule is C=CC=CC/C1=C(\C)C(C)N(C)c2ccccc2CCS1.CC. The van der Waals surface area contributed by atoms with Gasteiger partial charge in [-0.25, -0.2) is 0 Å². The number of nitrogens with zero attached hydrogens (tertiary/aromatic N) is 1. The van der Waals surface area contributed by atoms with Crippen LogP contribution in [-0.2, 0) is 6.42 Å². The van der Waals surface area contributed by atoms with Gasteiger partial charge in [-0.05, 0) is 48.8 Å². The zero-order valence-electron chi connectivity index (χ0n) is 15.3. The number of anilines is 1. The van der Waals surface area contributed by atoms with Crippen molar-refractivity contribution in [1.29, 1.82) is 0 Å². The zero-order valence-corrected chi connectivity index (χ0v) is 16.1. The first-order valence-corrected chi connectivity index (χ1v) is 9.54. The summed E-state index contributed by atoms with van der Waals surface area (Å²) in [6.45, 7) is 12.3. The molecule has 1 aliphatic rings. The van der Waals surface area contributed by atoms with Crippen molar-refractivity contribution in [2.24, 2.45) is 0 Å². The fraction of sp³-hybridized carbons (Fsp3) is 0.429. The first-order chi connectivity index (χ1) is 11.1. The lowest BCUT2D eigenvalue weighted by molar-refractivity contribution is 0.770. The van der Waals surface area contributed by atoms with Crippen LogP contribution in [0.25, 0.3) is 0 Å². The van der Waals surface area contributed by atoms with Crippen LogP contribution >= 0.6 is 11.8 Å². The van der Waals surface area contributed by atoms with Crippen LogP contribution in [0.15, 0.2) is 59.6 Å². The molecule has 2 heteroatoms. The van der Waals surface area contributed by atoms with E-state index in [1.54, 1.807) is 0 Å². The minimum Gasteiger partial charge on any atom is -0.368 e. The molecule has 0 aromatic heterocycles. The summed E-state index contributed by atoms with van der Waals surface area (Å²) in [5.74, 6) is 1.15. The highest BCUT2D eigenvalue weighted by Gasteiger charge is 2.19. The van der Waals surface area contributed by atoms with Crippen LogP contribution in [-0.4, -0.2) is 18.8 Å². The summed E-state index contributed by atoms with van der Waals surface area (Å²) in [5.41, 5.74) is 4.30. The lowest BCUT2D eigenvalue weighted by Crippen LogP contribution is -2.30. The summed E-state index contributed by atoms with van der Waals surface area (Å²) in [6, 6.07) is 9.21. The predicted molar refractivity (Wildman–Crippen MR) is 108 cm³/mol. The molecule has 0 spiro atoms. The lowest BCUT2D eigenvalue weighted by Gasteiger charge is -2.30. The maximum absolute atomic E-state index is 3.75. The van der Waals surface area contributed by atoms with Crippen LogP contribution in [0.2, 0.25) is 0 Å². The van der Waals surface area contributed by atoms with E-state index in [1.165, 1.54) is 21.7 Å². The molecule has 0 saturated heterocycles. The maximum Gasteiger partial charge on any atom is 0.0478 e. The molecule has 1 aromatic rings. The molecule has 0 N–H and O–H groups in total. The second kappa shape index (κ2) is 10.4. The summed E-state index contributed by atoms with van der Waals surface area (Å²) < 4.78 is 0. The largest absolute Gasteiger partial charge is 0.368 e. The van der Waals surface area contributed by atoms with Gasteiger partial charge in [-0.2, -0.15) is 0 Å². The van der Waals surface area contributed by atoms with Gasteiger partial charge in [-0.3, -0.25) is 0 Å². The molecule has 1 heterocycles. The second-order valence-corrected chi connectivity index (χ2v) is 6.68. The van der Waals surface area contributed by atoms with Gasteiger partial charge < -0.3 is 4.90 Å². The van der Waals surface area contributed by atoms with Crippen LogP contribution in [0.1, 0.15) is 39.7 Å². The molecule has 2 rings (SSSR count). The lowest BCUT2D eigenvalue weighted by atomic mass is 10.0. The second-order valence-electron chi connectivity index (χ2n) is 5.49. The van der Waals surface area contributed by atoms with Gasteiger partial charge in [0.05, 0.1) is 0 Å². The van der Waals surface area contributed by atoms with Gasteiger partial charge in [0.1, 0.15) is 0 Å². The number of fused-ring (bicyclic) bond motifs is 1. The molecule has 1 unspecified atom stereocenters. The van der Waals surface area contributed by atoms with Gasteiger partial charge in [0.2, 0.25) is 0 Å². The van der Waals surface area contributed by atoms with Crippen LogP contribution in [0.3, 0.4) is 0 Å². The highest BCUT2D eigenvalue weighted by Crippen LogP contribution is 2.33. The molecule has 126 valence electrons. The molecule has 1 atom stereocenters. The Morgan fingerprint density at radius 2 is 2.00 bits per heavy atom. The monoisotopic (exact) mass is 329 g/mol. The van der Waals surface area contributed by atoms with Crippen LogP contribution in [0, 0.1) is 0 Å². The standard InChI is InChI=1S/C19H25NS.C2H6/c1-5-6-7-12-19-15(2)16(3)20(4)18-11-9-8-10-17(18)13-14-21-19;1-2/h5-11,16H,1,12-14H2,2-4H3;1-2H3/b7-6?,19-15-;. The third-order valence-electron chi connectivity index (χ3n) is 4.24. The van der Waals surface area contributed by atoms with Gasteiger partial charge >= 0.3 is 0 Å². The fourth-order valence-corrected chi connectivity index (χ4v) is 3.87. The number of hydrogen-bond acceptors (Lipinski definition) is 2. The molecule has 23 heavy (non-hydrogen) atoms.